The lowest BCUT2D eigenvalue weighted by molar-refractivity contribution is -0.145. The van der Waals surface area contributed by atoms with Crippen molar-refractivity contribution < 1.29 is 36.6 Å². The zero-order chi connectivity index (χ0) is 25.0. The van der Waals surface area contributed by atoms with E-state index in [9.17, 15) is 27.2 Å². The van der Waals surface area contributed by atoms with E-state index in [-0.39, 0.29) is 35.1 Å². The quantitative estimate of drug-likeness (QED) is 0.348. The summed E-state index contributed by atoms with van der Waals surface area (Å²) in [5.41, 5.74) is -3.01. The number of hydrogen-bond donors (Lipinski definition) is 0. The number of ether oxygens (including phenoxy) is 3. The third-order valence-corrected chi connectivity index (χ3v) is 4.50. The molecule has 0 bridgehead atoms. The van der Waals surface area contributed by atoms with E-state index in [1.165, 1.54) is 18.3 Å². The molecule has 0 N–H and O–H groups in total. The van der Waals surface area contributed by atoms with Crippen LogP contribution in [-0.2, 0) is 15.7 Å². The van der Waals surface area contributed by atoms with Gasteiger partial charge in [-0.25, -0.2) is 19.2 Å². The highest BCUT2D eigenvalue weighted by atomic mass is 35.5. The Bertz CT molecular complexity index is 1280. The summed E-state index contributed by atoms with van der Waals surface area (Å²) in [6, 6.07) is 5.00. The predicted octanol–water partition coefficient (Wildman–Crippen LogP) is 4.48. The molecule has 13 heteroatoms. The van der Waals surface area contributed by atoms with E-state index in [1.807, 2.05) is 0 Å². The zero-order valence-corrected chi connectivity index (χ0v) is 18.4. The highest BCUT2D eigenvalue weighted by molar-refractivity contribution is 6.32. The lowest BCUT2D eigenvalue weighted by atomic mass is 10.2. The van der Waals surface area contributed by atoms with Gasteiger partial charge in [0.1, 0.15) is 17.4 Å². The summed E-state index contributed by atoms with van der Waals surface area (Å²) in [5.74, 6) is -2.35. The molecule has 0 atom stereocenters. The van der Waals surface area contributed by atoms with Gasteiger partial charge in [-0.05, 0) is 32.0 Å². The Morgan fingerprint density at radius 2 is 1.94 bits per heavy atom. The molecule has 0 unspecified atom stereocenters. The molecule has 34 heavy (non-hydrogen) atoms. The molecule has 0 saturated carbocycles. The van der Waals surface area contributed by atoms with Gasteiger partial charge in [-0.1, -0.05) is 11.6 Å². The number of aryl methyl sites for hydroxylation is 1. The minimum absolute atomic E-state index is 0.0131. The number of carbonyl (C=O) groups excluding carboxylic acids is 1. The van der Waals surface area contributed by atoms with Crippen LogP contribution in [0.2, 0.25) is 5.02 Å². The summed E-state index contributed by atoms with van der Waals surface area (Å²) >= 11 is 6.07. The van der Waals surface area contributed by atoms with Crippen LogP contribution < -0.4 is 15.0 Å². The van der Waals surface area contributed by atoms with Crippen molar-refractivity contribution in [1.29, 1.82) is 0 Å². The molecule has 0 saturated heterocycles. The normalized spacial score (nSPS) is 11.3. The van der Waals surface area contributed by atoms with Gasteiger partial charge in [0.25, 0.3) is 11.4 Å². The van der Waals surface area contributed by atoms with Crippen LogP contribution in [0.1, 0.15) is 18.4 Å². The maximum Gasteiger partial charge on any atom is 0.433 e. The number of nitrogens with zero attached hydrogens (tertiary/aromatic N) is 3. The maximum absolute atomic E-state index is 14.7. The average Bonchev–Trinajstić information content (AvgIpc) is 2.75. The fourth-order valence-electron chi connectivity index (χ4n) is 2.81. The largest absolute Gasteiger partial charge is 0.463 e. The number of benzene rings is 1. The summed E-state index contributed by atoms with van der Waals surface area (Å²) < 4.78 is 69.9. The fourth-order valence-corrected chi connectivity index (χ4v) is 3.00. The third-order valence-electron chi connectivity index (χ3n) is 4.21. The van der Waals surface area contributed by atoms with E-state index in [4.69, 9.17) is 25.8 Å². The van der Waals surface area contributed by atoms with E-state index in [0.717, 1.165) is 19.1 Å². The summed E-state index contributed by atoms with van der Waals surface area (Å²) in [6.45, 7) is 2.43. The number of rotatable bonds is 7. The Balaban J connectivity index is 1.99. The molecule has 3 rings (SSSR count). The molecule has 3 aromatic rings. The number of pyridine rings is 1. The molecular formula is C21H16ClF4N3O5. The van der Waals surface area contributed by atoms with Crippen molar-refractivity contribution in [2.24, 2.45) is 0 Å². The first-order valence-corrected chi connectivity index (χ1v) is 9.97. The fraction of sp³-hybridized carbons (Fsp3) is 0.238. The summed E-state index contributed by atoms with van der Waals surface area (Å²) in [6.07, 6.45) is -3.49. The van der Waals surface area contributed by atoms with Crippen molar-refractivity contribution >= 4 is 17.6 Å². The number of hydrogen-bond acceptors (Lipinski definition) is 7. The summed E-state index contributed by atoms with van der Waals surface area (Å²) in [4.78, 5) is 31.2. The van der Waals surface area contributed by atoms with E-state index in [2.05, 4.69) is 9.97 Å². The van der Waals surface area contributed by atoms with Crippen molar-refractivity contribution in [1.82, 2.24) is 14.5 Å². The molecule has 0 radical (unpaired) electrons. The second kappa shape index (κ2) is 10.1. The number of alkyl halides is 3. The predicted molar refractivity (Wildman–Crippen MR) is 111 cm³/mol. The first-order valence-electron chi connectivity index (χ1n) is 9.59. The molecule has 1 aromatic carbocycles. The smallest absolute Gasteiger partial charge is 0.433 e. The molecule has 2 aromatic heterocycles. The monoisotopic (exact) mass is 501 g/mol. The highest BCUT2D eigenvalue weighted by Gasteiger charge is 2.34. The average molecular weight is 502 g/mol. The topological polar surface area (TPSA) is 92.5 Å². The Kier molecular flexibility index (Phi) is 7.40. The number of aromatic nitrogens is 3. The van der Waals surface area contributed by atoms with Crippen LogP contribution in [0, 0.1) is 12.7 Å². The van der Waals surface area contributed by atoms with E-state index in [0.29, 0.717) is 4.57 Å². The van der Waals surface area contributed by atoms with Gasteiger partial charge in [0, 0.05) is 18.3 Å². The number of esters is 1. The van der Waals surface area contributed by atoms with E-state index < -0.39 is 47.3 Å². The zero-order valence-electron chi connectivity index (χ0n) is 17.7. The molecule has 180 valence electrons. The Morgan fingerprint density at radius 3 is 2.59 bits per heavy atom. The third kappa shape index (κ3) is 5.63. The van der Waals surface area contributed by atoms with E-state index >= 15 is 0 Å². The molecule has 0 aliphatic carbocycles. The van der Waals surface area contributed by atoms with Crippen LogP contribution in [0.3, 0.4) is 0 Å². The SMILES string of the molecule is CCOC(=O)COc1ncccc1Oc1cc(-n2c(C)nc(C(F)(F)F)cc2=O)c(F)cc1Cl. The molecule has 0 amide bonds. The Labute approximate surface area is 194 Å². The number of halogens is 5. The lowest BCUT2D eigenvalue weighted by Gasteiger charge is -2.16. The molecule has 8 nitrogen and oxygen atoms in total. The second-order valence-corrected chi connectivity index (χ2v) is 7.00. The van der Waals surface area contributed by atoms with Gasteiger partial charge in [-0.3, -0.25) is 9.36 Å². The van der Waals surface area contributed by atoms with Gasteiger partial charge in [-0.2, -0.15) is 13.2 Å². The van der Waals surface area contributed by atoms with Crippen LogP contribution in [-0.4, -0.2) is 33.7 Å². The van der Waals surface area contributed by atoms with Gasteiger partial charge in [0.2, 0.25) is 0 Å². The summed E-state index contributed by atoms with van der Waals surface area (Å²) in [5, 5.41) is -0.216. The molecule has 0 aliphatic heterocycles. The standard InChI is InChI=1S/C21H16ClF4N3O5/c1-3-32-19(31)10-33-20-15(5-4-6-27-20)34-16-8-14(13(23)7-12(16)22)29-11(2)28-17(9-18(29)30)21(24,25)26/h4-9H,3,10H2,1-2H3. The number of carbonyl (C=O) groups is 1. The molecular weight excluding hydrogens is 486 g/mol. The van der Waals surface area contributed by atoms with Crippen molar-refractivity contribution in [3.63, 3.8) is 0 Å². The Morgan fingerprint density at radius 1 is 1.21 bits per heavy atom. The van der Waals surface area contributed by atoms with Crippen molar-refractivity contribution in [2.75, 3.05) is 13.2 Å². The minimum atomic E-state index is -4.85. The van der Waals surface area contributed by atoms with Gasteiger partial charge >= 0.3 is 12.1 Å². The van der Waals surface area contributed by atoms with Crippen LogP contribution in [0.15, 0.2) is 41.3 Å². The molecule has 0 fully saturated rings. The van der Waals surface area contributed by atoms with E-state index in [1.54, 1.807) is 6.92 Å². The second-order valence-electron chi connectivity index (χ2n) is 6.60. The Hall–Kier alpha value is -3.67. The molecule has 0 spiro atoms. The van der Waals surface area contributed by atoms with Crippen LogP contribution >= 0.6 is 11.6 Å². The van der Waals surface area contributed by atoms with Crippen molar-refractivity contribution in [2.45, 2.75) is 20.0 Å². The van der Waals surface area contributed by atoms with Crippen molar-refractivity contribution in [3.05, 3.63) is 69.2 Å². The van der Waals surface area contributed by atoms with Gasteiger partial charge < -0.3 is 14.2 Å². The molecule has 0 aliphatic rings. The van der Waals surface area contributed by atoms with Gasteiger partial charge in [0.15, 0.2) is 18.1 Å². The first-order chi connectivity index (χ1) is 16.0. The maximum atomic E-state index is 14.7. The first kappa shape index (κ1) is 25.0. The van der Waals surface area contributed by atoms with Crippen molar-refractivity contribution in [3.8, 4) is 23.1 Å². The highest BCUT2D eigenvalue weighted by Crippen LogP contribution is 2.36. The minimum Gasteiger partial charge on any atom is -0.463 e. The van der Waals surface area contributed by atoms with Gasteiger partial charge in [0.05, 0.1) is 17.3 Å². The lowest BCUT2D eigenvalue weighted by Crippen LogP contribution is -2.26. The van der Waals surface area contributed by atoms with Crippen LogP contribution in [0.4, 0.5) is 17.6 Å². The summed E-state index contributed by atoms with van der Waals surface area (Å²) in [7, 11) is 0. The van der Waals surface area contributed by atoms with Crippen LogP contribution in [0.25, 0.3) is 5.69 Å². The van der Waals surface area contributed by atoms with Crippen LogP contribution in [0.5, 0.6) is 17.4 Å². The molecule has 2 heterocycles. The van der Waals surface area contributed by atoms with Gasteiger partial charge in [-0.15, -0.1) is 0 Å².